The summed E-state index contributed by atoms with van der Waals surface area (Å²) in [6.07, 6.45) is 0. The first-order valence-corrected chi connectivity index (χ1v) is 19.0. The minimum Gasteiger partial charge on any atom is -0.440 e. The van der Waals surface area contributed by atoms with E-state index in [0.29, 0.717) is 28.7 Å². The van der Waals surface area contributed by atoms with Crippen LogP contribution in [0.5, 0.6) is 28.7 Å². The van der Waals surface area contributed by atoms with Gasteiger partial charge in [0.15, 0.2) is 5.78 Å². The molecule has 0 aliphatic heterocycles. The Labute approximate surface area is 263 Å². The van der Waals surface area contributed by atoms with Crippen molar-refractivity contribution < 1.29 is 22.6 Å². The molecule has 0 aromatic heterocycles. The van der Waals surface area contributed by atoms with Crippen LogP contribution < -0.4 is 28.1 Å². The molecule has 0 spiro atoms. The molecule has 0 fully saturated rings. The standard InChI is InChI=1S/C32H31ClN3O5P3/c1-27(35-44(34,40-31-23-13-5-14-24-31)41-32-25-15-6-16-26-32)43(38-29-19-9-3-10-20-29,39-30-21-11-4-12-22-30)36-42(33)37-28-17-7-2-8-18-28/h2-27H,34H2,1H3. The number of hydrogen-bond acceptors (Lipinski definition) is 7. The Balaban J connectivity index is 1.65. The van der Waals surface area contributed by atoms with Crippen LogP contribution in [-0.4, -0.2) is 5.78 Å². The molecule has 0 radical (unpaired) electrons. The van der Waals surface area contributed by atoms with Crippen molar-refractivity contribution in [1.82, 2.24) is 0 Å². The molecule has 0 saturated carbocycles. The number of nitrogens with two attached hydrogens (primary N) is 1. The van der Waals surface area contributed by atoms with Gasteiger partial charge in [0.1, 0.15) is 28.7 Å². The molecule has 12 heteroatoms. The molecule has 5 aromatic carbocycles. The number of rotatable bonds is 13. The predicted molar refractivity (Wildman–Crippen MR) is 180 cm³/mol. The SMILES string of the molecule is CC(N=P(N)(Oc1ccccc1)Oc1ccccc1)P(=NP(Cl)Oc1ccccc1)(Oc1ccccc1)Oc1ccccc1. The summed E-state index contributed by atoms with van der Waals surface area (Å²) in [4.78, 5) is 0. The highest BCUT2D eigenvalue weighted by Crippen LogP contribution is 2.65. The van der Waals surface area contributed by atoms with Crippen LogP contribution in [0.4, 0.5) is 0 Å². The molecule has 5 rings (SSSR count). The summed E-state index contributed by atoms with van der Waals surface area (Å²) in [5.41, 5.74) is 6.91. The Morgan fingerprint density at radius 2 is 0.864 bits per heavy atom. The van der Waals surface area contributed by atoms with Gasteiger partial charge in [0, 0.05) is 0 Å². The van der Waals surface area contributed by atoms with Gasteiger partial charge in [-0.2, -0.15) is 4.52 Å². The smallest absolute Gasteiger partial charge is 0.392 e. The Morgan fingerprint density at radius 3 is 1.23 bits per heavy atom. The van der Waals surface area contributed by atoms with Gasteiger partial charge in [0.05, 0.1) is 0 Å². The quantitative estimate of drug-likeness (QED) is 0.126. The van der Waals surface area contributed by atoms with E-state index >= 15 is 0 Å². The van der Waals surface area contributed by atoms with Crippen LogP contribution in [0.2, 0.25) is 0 Å². The number of benzene rings is 5. The molecule has 0 aliphatic carbocycles. The molecule has 0 aliphatic rings. The number of para-hydroxylation sites is 5. The van der Waals surface area contributed by atoms with Gasteiger partial charge < -0.3 is 22.6 Å². The Bertz CT molecular complexity index is 1610. The van der Waals surface area contributed by atoms with Crippen LogP contribution in [0.15, 0.2) is 161 Å². The van der Waals surface area contributed by atoms with Crippen molar-refractivity contribution in [2.75, 3.05) is 0 Å². The van der Waals surface area contributed by atoms with E-state index in [9.17, 15) is 0 Å². The van der Waals surface area contributed by atoms with Crippen LogP contribution in [0.25, 0.3) is 0 Å². The molecule has 0 heterocycles. The highest BCUT2D eigenvalue weighted by molar-refractivity contribution is 7.83. The van der Waals surface area contributed by atoms with Gasteiger partial charge in [-0.15, -0.1) is 0 Å². The van der Waals surface area contributed by atoms with Crippen LogP contribution in [0.1, 0.15) is 6.92 Å². The molecule has 2 N–H and O–H groups in total. The Morgan fingerprint density at radius 1 is 0.545 bits per heavy atom. The molecule has 0 saturated heterocycles. The summed E-state index contributed by atoms with van der Waals surface area (Å²) in [7, 11) is -9.02. The first-order chi connectivity index (χ1) is 21.4. The van der Waals surface area contributed by atoms with E-state index in [1.54, 1.807) is 43.3 Å². The van der Waals surface area contributed by atoms with Crippen molar-refractivity contribution in [3.05, 3.63) is 152 Å². The highest BCUT2D eigenvalue weighted by atomic mass is 35.7. The van der Waals surface area contributed by atoms with Gasteiger partial charge in [-0.05, 0) is 78.8 Å². The molecular formula is C32H31ClN3O5P3. The highest BCUT2D eigenvalue weighted by Gasteiger charge is 2.39. The molecule has 5 aromatic rings. The molecule has 0 bridgehead atoms. The zero-order chi connectivity index (χ0) is 30.7. The summed E-state index contributed by atoms with van der Waals surface area (Å²) < 4.78 is 41.8. The van der Waals surface area contributed by atoms with Gasteiger partial charge in [-0.3, -0.25) is 0 Å². The van der Waals surface area contributed by atoms with Crippen molar-refractivity contribution in [2.24, 2.45) is 14.8 Å². The maximum absolute atomic E-state index is 6.91. The molecule has 2 atom stereocenters. The van der Waals surface area contributed by atoms with Crippen LogP contribution >= 0.6 is 34.1 Å². The number of halogens is 1. The second kappa shape index (κ2) is 15.3. The average molecular weight is 666 g/mol. The first-order valence-electron chi connectivity index (χ1n) is 13.6. The lowest BCUT2D eigenvalue weighted by Gasteiger charge is -2.31. The minimum absolute atomic E-state index is 0.496. The Kier molecular flexibility index (Phi) is 11.0. The van der Waals surface area contributed by atoms with Crippen LogP contribution in [-0.2, 0) is 0 Å². The molecular weight excluding hydrogens is 635 g/mol. The third kappa shape index (κ3) is 9.12. The molecule has 226 valence electrons. The van der Waals surface area contributed by atoms with Crippen molar-refractivity contribution >= 4 is 34.1 Å². The van der Waals surface area contributed by atoms with Gasteiger partial charge in [0.2, 0.25) is 0 Å². The average Bonchev–Trinajstić information content (AvgIpc) is 3.03. The summed E-state index contributed by atoms with van der Waals surface area (Å²) in [5, 5.41) is 0. The normalized spacial score (nSPS) is 12.7. The number of nitrogens with zero attached hydrogens (tertiary/aromatic N) is 2. The van der Waals surface area contributed by atoms with Gasteiger partial charge >= 0.3 is 22.8 Å². The van der Waals surface area contributed by atoms with E-state index in [1.165, 1.54) is 0 Å². The lowest BCUT2D eigenvalue weighted by atomic mass is 10.3. The third-order valence-electron chi connectivity index (χ3n) is 5.84. The summed E-state index contributed by atoms with van der Waals surface area (Å²) >= 11 is 6.82. The zero-order valence-corrected chi connectivity index (χ0v) is 27.2. The second-order valence-electron chi connectivity index (χ2n) is 9.21. The summed E-state index contributed by atoms with van der Waals surface area (Å²) in [5.74, 6) is 1.73. The topological polar surface area (TPSA) is 96.9 Å². The largest absolute Gasteiger partial charge is 0.440 e. The number of hydrogen-bond donors (Lipinski definition) is 1. The van der Waals surface area contributed by atoms with E-state index in [1.807, 2.05) is 115 Å². The molecule has 8 nitrogen and oxygen atoms in total. The van der Waals surface area contributed by atoms with Crippen molar-refractivity contribution in [3.63, 3.8) is 0 Å². The zero-order valence-electron chi connectivity index (χ0n) is 23.7. The summed E-state index contributed by atoms with van der Waals surface area (Å²) in [6.45, 7) is 1.80. The fourth-order valence-corrected chi connectivity index (χ4v) is 10.7. The van der Waals surface area contributed by atoms with Gasteiger partial charge in [0.25, 0.3) is 0 Å². The second-order valence-corrected chi connectivity index (χ2v) is 15.4. The minimum atomic E-state index is -3.53. The lowest BCUT2D eigenvalue weighted by molar-refractivity contribution is 0.452. The van der Waals surface area contributed by atoms with Gasteiger partial charge in [-0.1, -0.05) is 91.0 Å². The van der Waals surface area contributed by atoms with Crippen LogP contribution in [0.3, 0.4) is 0 Å². The van der Waals surface area contributed by atoms with E-state index in [2.05, 4.69) is 0 Å². The Hall–Kier alpha value is -3.76. The summed E-state index contributed by atoms with van der Waals surface area (Å²) in [6, 6.07) is 45.9. The predicted octanol–water partition coefficient (Wildman–Crippen LogP) is 11.1. The fourth-order valence-electron chi connectivity index (χ4n) is 3.86. The van der Waals surface area contributed by atoms with Crippen molar-refractivity contribution in [3.8, 4) is 28.7 Å². The first kappa shape index (κ1) is 31.7. The van der Waals surface area contributed by atoms with Gasteiger partial charge in [-0.25, -0.2) is 10.2 Å². The van der Waals surface area contributed by atoms with E-state index in [-0.39, 0.29) is 0 Å². The van der Waals surface area contributed by atoms with Crippen molar-refractivity contribution in [1.29, 1.82) is 0 Å². The molecule has 0 amide bonds. The lowest BCUT2D eigenvalue weighted by Crippen LogP contribution is -2.17. The maximum Gasteiger partial charge on any atom is 0.392 e. The maximum atomic E-state index is 6.91. The van der Waals surface area contributed by atoms with Crippen LogP contribution in [0, 0.1) is 0 Å². The van der Waals surface area contributed by atoms with E-state index in [4.69, 9.17) is 48.6 Å². The van der Waals surface area contributed by atoms with Crippen molar-refractivity contribution in [2.45, 2.75) is 12.7 Å². The molecule has 2 unspecified atom stereocenters. The monoisotopic (exact) mass is 665 g/mol. The van der Waals surface area contributed by atoms with E-state index in [0.717, 1.165) is 0 Å². The van der Waals surface area contributed by atoms with E-state index < -0.39 is 28.6 Å². The fraction of sp³-hybridized carbons (Fsp3) is 0.0625. The third-order valence-corrected chi connectivity index (χ3v) is 12.4. The molecule has 44 heavy (non-hydrogen) atoms.